The smallest absolute Gasteiger partial charge is 0.303 e. The molecule has 0 unspecified atom stereocenters. The highest BCUT2D eigenvalue weighted by atomic mass is 16.4. The maximum Gasteiger partial charge on any atom is 0.303 e. The van der Waals surface area contributed by atoms with Gasteiger partial charge in [-0.1, -0.05) is 6.08 Å². The second-order valence-electron chi connectivity index (χ2n) is 3.14. The first kappa shape index (κ1) is 10.5. The molecular weight excluding hydrogens is 180 g/mol. The summed E-state index contributed by atoms with van der Waals surface area (Å²) in [5.41, 5.74) is 1.94. The number of carboxylic acids is 1. The summed E-state index contributed by atoms with van der Waals surface area (Å²) in [6.45, 7) is 5.56. The van der Waals surface area contributed by atoms with Gasteiger partial charge in [-0.15, -0.1) is 6.58 Å². The van der Waals surface area contributed by atoms with E-state index in [9.17, 15) is 4.79 Å². The van der Waals surface area contributed by atoms with Crippen LogP contribution < -0.4 is 0 Å². The van der Waals surface area contributed by atoms with Gasteiger partial charge in [0.15, 0.2) is 0 Å². The molecule has 0 atom stereocenters. The molecule has 1 rings (SSSR count). The van der Waals surface area contributed by atoms with Gasteiger partial charge in [0.1, 0.15) is 5.82 Å². The molecule has 4 nitrogen and oxygen atoms in total. The number of aryl methyl sites for hydroxylation is 2. The van der Waals surface area contributed by atoms with Crippen molar-refractivity contribution in [1.82, 2.24) is 9.97 Å². The van der Waals surface area contributed by atoms with Crippen molar-refractivity contribution in [2.75, 3.05) is 0 Å². The van der Waals surface area contributed by atoms with Gasteiger partial charge in [0.05, 0.1) is 12.1 Å². The predicted octanol–water partition coefficient (Wildman–Crippen LogP) is 1.46. The summed E-state index contributed by atoms with van der Waals surface area (Å²) in [5, 5.41) is 8.50. The van der Waals surface area contributed by atoms with E-state index in [1.807, 2.05) is 6.92 Å². The summed E-state index contributed by atoms with van der Waals surface area (Å²) < 4.78 is 0. The summed E-state index contributed by atoms with van der Waals surface area (Å²) in [7, 11) is 0. The molecule has 0 aliphatic heterocycles. The maximum absolute atomic E-state index is 10.3. The number of imidazole rings is 1. The molecule has 1 aromatic rings. The third kappa shape index (κ3) is 2.73. The third-order valence-electron chi connectivity index (χ3n) is 1.95. The van der Waals surface area contributed by atoms with Crippen LogP contribution in [0.2, 0.25) is 0 Å². The molecule has 1 heterocycles. The number of nitrogens with zero attached hydrogens (tertiary/aromatic N) is 1. The minimum Gasteiger partial charge on any atom is -0.481 e. The van der Waals surface area contributed by atoms with Crippen molar-refractivity contribution >= 4 is 5.97 Å². The quantitative estimate of drug-likeness (QED) is 0.697. The SMILES string of the molecule is C=CCc1nc(CCC(=O)O)[nH]c1C. The summed E-state index contributed by atoms with van der Waals surface area (Å²) in [5.74, 6) is -0.0638. The Kier molecular flexibility index (Phi) is 3.45. The number of aromatic nitrogens is 2. The number of aromatic amines is 1. The fraction of sp³-hybridized carbons (Fsp3) is 0.400. The van der Waals surface area contributed by atoms with Crippen molar-refractivity contribution in [3.8, 4) is 0 Å². The van der Waals surface area contributed by atoms with E-state index in [1.54, 1.807) is 6.08 Å². The molecule has 4 heteroatoms. The lowest BCUT2D eigenvalue weighted by molar-refractivity contribution is -0.137. The first-order chi connectivity index (χ1) is 6.63. The predicted molar refractivity (Wildman–Crippen MR) is 53.2 cm³/mol. The topological polar surface area (TPSA) is 66.0 Å². The molecule has 1 aromatic heterocycles. The summed E-state index contributed by atoms with van der Waals surface area (Å²) in [6.07, 6.45) is 3.06. The number of carboxylic acid groups (broad SMARTS) is 1. The van der Waals surface area contributed by atoms with E-state index in [0.29, 0.717) is 6.42 Å². The van der Waals surface area contributed by atoms with Crippen LogP contribution in [0.5, 0.6) is 0 Å². The van der Waals surface area contributed by atoms with E-state index in [-0.39, 0.29) is 6.42 Å². The van der Waals surface area contributed by atoms with Crippen molar-refractivity contribution in [2.24, 2.45) is 0 Å². The lowest BCUT2D eigenvalue weighted by atomic mass is 10.3. The van der Waals surface area contributed by atoms with Crippen molar-refractivity contribution in [3.05, 3.63) is 29.9 Å². The molecule has 0 amide bonds. The Bertz CT molecular complexity index is 342. The Labute approximate surface area is 82.7 Å². The standard InChI is InChI=1S/C10H14N2O2/c1-3-4-8-7(2)11-9(12-8)5-6-10(13)14/h3H,1,4-6H2,2H3,(H,11,12)(H,13,14). The van der Waals surface area contributed by atoms with Crippen LogP contribution in [0.1, 0.15) is 23.6 Å². The first-order valence-corrected chi connectivity index (χ1v) is 4.50. The second kappa shape index (κ2) is 4.60. The van der Waals surface area contributed by atoms with E-state index < -0.39 is 5.97 Å². The van der Waals surface area contributed by atoms with Crippen LogP contribution in [0.4, 0.5) is 0 Å². The molecule has 0 spiro atoms. The van der Waals surface area contributed by atoms with Gasteiger partial charge in [-0.25, -0.2) is 4.98 Å². The largest absolute Gasteiger partial charge is 0.481 e. The maximum atomic E-state index is 10.3. The molecule has 0 bridgehead atoms. The lowest BCUT2D eigenvalue weighted by Crippen LogP contribution is -1.98. The number of hydrogen-bond donors (Lipinski definition) is 2. The van der Waals surface area contributed by atoms with Crippen molar-refractivity contribution in [2.45, 2.75) is 26.2 Å². The highest BCUT2D eigenvalue weighted by Gasteiger charge is 2.06. The number of aliphatic carboxylic acids is 1. The van der Waals surface area contributed by atoms with Crippen molar-refractivity contribution in [1.29, 1.82) is 0 Å². The molecule has 0 aliphatic carbocycles. The van der Waals surface area contributed by atoms with Gasteiger partial charge in [0, 0.05) is 18.5 Å². The molecule has 14 heavy (non-hydrogen) atoms. The Hall–Kier alpha value is -1.58. The lowest BCUT2D eigenvalue weighted by Gasteiger charge is -1.90. The van der Waals surface area contributed by atoms with Crippen molar-refractivity contribution in [3.63, 3.8) is 0 Å². The Morgan fingerprint density at radius 3 is 3.00 bits per heavy atom. The van der Waals surface area contributed by atoms with E-state index in [0.717, 1.165) is 23.6 Å². The Morgan fingerprint density at radius 2 is 2.43 bits per heavy atom. The molecule has 76 valence electrons. The van der Waals surface area contributed by atoms with Crippen LogP contribution in [0, 0.1) is 6.92 Å². The van der Waals surface area contributed by atoms with Gasteiger partial charge >= 0.3 is 5.97 Å². The Balaban J connectivity index is 2.65. The minimum absolute atomic E-state index is 0.112. The van der Waals surface area contributed by atoms with Crippen LogP contribution in [-0.4, -0.2) is 21.0 Å². The highest BCUT2D eigenvalue weighted by Crippen LogP contribution is 2.07. The summed E-state index contributed by atoms with van der Waals surface area (Å²) in [6, 6.07) is 0. The normalized spacial score (nSPS) is 10.1. The van der Waals surface area contributed by atoms with E-state index in [4.69, 9.17) is 5.11 Å². The zero-order valence-electron chi connectivity index (χ0n) is 8.21. The molecule has 2 N–H and O–H groups in total. The van der Waals surface area contributed by atoms with E-state index >= 15 is 0 Å². The molecule has 0 fully saturated rings. The zero-order chi connectivity index (χ0) is 10.6. The van der Waals surface area contributed by atoms with E-state index in [2.05, 4.69) is 16.5 Å². The van der Waals surface area contributed by atoms with Gasteiger partial charge < -0.3 is 10.1 Å². The average Bonchev–Trinajstić information content (AvgIpc) is 2.45. The number of H-pyrrole nitrogens is 1. The number of carbonyl (C=O) groups is 1. The molecule has 0 aliphatic rings. The van der Waals surface area contributed by atoms with E-state index in [1.165, 1.54) is 0 Å². The number of allylic oxidation sites excluding steroid dienone is 1. The van der Waals surface area contributed by atoms with Gasteiger partial charge in [0.25, 0.3) is 0 Å². The highest BCUT2D eigenvalue weighted by molar-refractivity contribution is 5.66. The van der Waals surface area contributed by atoms with Crippen LogP contribution in [0.25, 0.3) is 0 Å². The summed E-state index contributed by atoms with van der Waals surface area (Å²) >= 11 is 0. The fourth-order valence-corrected chi connectivity index (χ4v) is 1.24. The molecular formula is C10H14N2O2. The van der Waals surface area contributed by atoms with Crippen LogP contribution in [0.15, 0.2) is 12.7 Å². The third-order valence-corrected chi connectivity index (χ3v) is 1.95. The van der Waals surface area contributed by atoms with Gasteiger partial charge in [0.2, 0.25) is 0 Å². The second-order valence-corrected chi connectivity index (χ2v) is 3.14. The minimum atomic E-state index is -0.802. The molecule has 0 aromatic carbocycles. The fourth-order valence-electron chi connectivity index (χ4n) is 1.24. The van der Waals surface area contributed by atoms with Gasteiger partial charge in [-0.3, -0.25) is 4.79 Å². The van der Waals surface area contributed by atoms with Crippen LogP contribution >= 0.6 is 0 Å². The van der Waals surface area contributed by atoms with Crippen LogP contribution in [-0.2, 0) is 17.6 Å². The van der Waals surface area contributed by atoms with Crippen molar-refractivity contribution < 1.29 is 9.90 Å². The zero-order valence-corrected chi connectivity index (χ0v) is 8.21. The van der Waals surface area contributed by atoms with Gasteiger partial charge in [-0.2, -0.15) is 0 Å². The monoisotopic (exact) mass is 194 g/mol. The molecule has 0 radical (unpaired) electrons. The van der Waals surface area contributed by atoms with Gasteiger partial charge in [-0.05, 0) is 6.92 Å². The molecule has 0 saturated carbocycles. The van der Waals surface area contributed by atoms with Crippen LogP contribution in [0.3, 0.4) is 0 Å². The first-order valence-electron chi connectivity index (χ1n) is 4.50. The number of rotatable bonds is 5. The summed E-state index contributed by atoms with van der Waals surface area (Å²) in [4.78, 5) is 17.7. The molecule has 0 saturated heterocycles. The average molecular weight is 194 g/mol. The Morgan fingerprint density at radius 1 is 1.71 bits per heavy atom. The number of hydrogen-bond acceptors (Lipinski definition) is 2. The number of nitrogens with one attached hydrogen (secondary N) is 1.